The normalized spacial score (nSPS) is 11.4. The molecule has 6 nitrogen and oxygen atoms in total. The standard InChI is InChI=1S/C20H24Cl2N2O4S/c1-14(2)16-6-4-5-7-19(16)28-11-10-23-20(25)13-24(29(3,26)27)18-12-15(21)8-9-17(18)22/h4-9,12,14H,10-11,13H2,1-3H3,(H,23,25). The molecule has 2 aromatic carbocycles. The van der Waals surface area contributed by atoms with Gasteiger partial charge in [0.2, 0.25) is 15.9 Å². The molecule has 0 atom stereocenters. The summed E-state index contributed by atoms with van der Waals surface area (Å²) in [7, 11) is -3.74. The highest BCUT2D eigenvalue weighted by molar-refractivity contribution is 7.92. The molecule has 0 aliphatic rings. The highest BCUT2D eigenvalue weighted by atomic mass is 35.5. The fraction of sp³-hybridized carbons (Fsp3) is 0.350. The Kier molecular flexibility index (Phi) is 8.19. The Bertz CT molecular complexity index is 965. The van der Waals surface area contributed by atoms with Crippen LogP contribution in [0.2, 0.25) is 10.0 Å². The van der Waals surface area contributed by atoms with Crippen molar-refractivity contribution in [2.45, 2.75) is 19.8 Å². The fourth-order valence-corrected chi connectivity index (χ4v) is 3.98. The van der Waals surface area contributed by atoms with Crippen molar-refractivity contribution in [3.8, 4) is 5.75 Å². The molecule has 0 radical (unpaired) electrons. The molecule has 1 amide bonds. The quantitative estimate of drug-likeness (QED) is 0.574. The second-order valence-electron chi connectivity index (χ2n) is 6.76. The van der Waals surface area contributed by atoms with E-state index in [0.29, 0.717) is 10.9 Å². The first kappa shape index (κ1) is 23.3. The molecule has 0 unspecified atom stereocenters. The zero-order valence-corrected chi connectivity index (χ0v) is 18.8. The Morgan fingerprint density at radius 1 is 1.17 bits per heavy atom. The Morgan fingerprint density at radius 2 is 1.86 bits per heavy atom. The molecule has 0 aliphatic heterocycles. The van der Waals surface area contributed by atoms with Gasteiger partial charge >= 0.3 is 0 Å². The van der Waals surface area contributed by atoms with Crippen molar-refractivity contribution in [1.82, 2.24) is 5.32 Å². The van der Waals surface area contributed by atoms with Gasteiger partial charge in [-0.05, 0) is 35.7 Å². The lowest BCUT2D eigenvalue weighted by Crippen LogP contribution is -2.41. The monoisotopic (exact) mass is 458 g/mol. The maximum absolute atomic E-state index is 12.3. The molecular formula is C20H24Cl2N2O4S. The highest BCUT2D eigenvalue weighted by Crippen LogP contribution is 2.30. The Hall–Kier alpha value is -1.96. The summed E-state index contributed by atoms with van der Waals surface area (Å²) in [6.07, 6.45) is 1.00. The third kappa shape index (κ3) is 6.80. The number of sulfonamides is 1. The minimum absolute atomic E-state index is 0.152. The van der Waals surface area contributed by atoms with Crippen molar-refractivity contribution >= 4 is 44.8 Å². The van der Waals surface area contributed by atoms with Crippen molar-refractivity contribution in [2.75, 3.05) is 30.3 Å². The average molecular weight is 459 g/mol. The van der Waals surface area contributed by atoms with Gasteiger partial charge in [-0.15, -0.1) is 0 Å². The second-order valence-corrected chi connectivity index (χ2v) is 9.51. The first-order chi connectivity index (χ1) is 13.6. The van der Waals surface area contributed by atoms with Crippen LogP contribution in [0.1, 0.15) is 25.3 Å². The van der Waals surface area contributed by atoms with E-state index in [9.17, 15) is 13.2 Å². The van der Waals surface area contributed by atoms with Crippen molar-refractivity contribution in [2.24, 2.45) is 0 Å². The largest absolute Gasteiger partial charge is 0.491 e. The van der Waals surface area contributed by atoms with Gasteiger partial charge in [-0.2, -0.15) is 0 Å². The van der Waals surface area contributed by atoms with Crippen LogP contribution in [0.3, 0.4) is 0 Å². The van der Waals surface area contributed by atoms with E-state index in [2.05, 4.69) is 19.2 Å². The zero-order valence-electron chi connectivity index (χ0n) is 16.5. The molecule has 0 aliphatic carbocycles. The van der Waals surface area contributed by atoms with Crippen molar-refractivity contribution in [3.63, 3.8) is 0 Å². The van der Waals surface area contributed by atoms with Gasteiger partial charge < -0.3 is 10.1 Å². The summed E-state index contributed by atoms with van der Waals surface area (Å²) < 4.78 is 31.0. The molecule has 0 bridgehead atoms. The number of halogens is 2. The molecule has 2 rings (SSSR count). The Morgan fingerprint density at radius 3 is 2.52 bits per heavy atom. The number of para-hydroxylation sites is 1. The van der Waals surface area contributed by atoms with Crippen LogP contribution in [0.15, 0.2) is 42.5 Å². The smallest absolute Gasteiger partial charge is 0.240 e. The number of amides is 1. The van der Waals surface area contributed by atoms with E-state index in [1.807, 2.05) is 24.3 Å². The molecule has 0 saturated carbocycles. The SMILES string of the molecule is CC(C)c1ccccc1OCCNC(=O)CN(c1cc(Cl)ccc1Cl)S(C)(=O)=O. The maximum Gasteiger partial charge on any atom is 0.240 e. The molecule has 29 heavy (non-hydrogen) atoms. The van der Waals surface area contributed by atoms with Crippen molar-refractivity contribution in [1.29, 1.82) is 0 Å². The molecule has 0 heterocycles. The van der Waals surface area contributed by atoms with Crippen LogP contribution in [-0.4, -0.2) is 40.3 Å². The third-order valence-corrected chi connectivity index (χ3v) is 5.77. The maximum atomic E-state index is 12.3. The van der Waals surface area contributed by atoms with E-state index in [-0.39, 0.29) is 23.9 Å². The number of benzene rings is 2. The average Bonchev–Trinajstić information content (AvgIpc) is 2.64. The molecule has 0 saturated heterocycles. The van der Waals surface area contributed by atoms with Crippen LogP contribution in [-0.2, 0) is 14.8 Å². The van der Waals surface area contributed by atoms with Gasteiger partial charge in [-0.25, -0.2) is 8.42 Å². The summed E-state index contributed by atoms with van der Waals surface area (Å²) in [5.74, 6) is 0.596. The summed E-state index contributed by atoms with van der Waals surface area (Å²) in [5.41, 5.74) is 1.23. The van der Waals surface area contributed by atoms with Crippen LogP contribution < -0.4 is 14.4 Å². The van der Waals surface area contributed by atoms with Gasteiger partial charge in [-0.3, -0.25) is 9.10 Å². The number of carbonyl (C=O) groups excluding carboxylic acids is 1. The highest BCUT2D eigenvalue weighted by Gasteiger charge is 2.23. The van der Waals surface area contributed by atoms with Crippen molar-refractivity contribution < 1.29 is 17.9 Å². The van der Waals surface area contributed by atoms with Crippen molar-refractivity contribution in [3.05, 3.63) is 58.1 Å². The molecule has 1 N–H and O–H groups in total. The molecule has 158 valence electrons. The summed E-state index contributed by atoms with van der Waals surface area (Å²) in [4.78, 5) is 12.3. The van der Waals surface area contributed by atoms with Gasteiger partial charge in [0.15, 0.2) is 0 Å². The molecule has 2 aromatic rings. The zero-order chi connectivity index (χ0) is 21.6. The number of hydrogen-bond acceptors (Lipinski definition) is 4. The van der Waals surface area contributed by atoms with Gasteiger partial charge in [-0.1, -0.05) is 55.2 Å². The minimum Gasteiger partial charge on any atom is -0.491 e. The minimum atomic E-state index is -3.74. The van der Waals surface area contributed by atoms with E-state index in [4.69, 9.17) is 27.9 Å². The Balaban J connectivity index is 1.97. The van der Waals surface area contributed by atoms with Gasteiger partial charge in [0, 0.05) is 5.02 Å². The van der Waals surface area contributed by atoms with E-state index in [0.717, 1.165) is 21.9 Å². The van der Waals surface area contributed by atoms with Gasteiger partial charge in [0.1, 0.15) is 18.9 Å². The summed E-state index contributed by atoms with van der Waals surface area (Å²) in [6, 6.07) is 12.1. The number of rotatable bonds is 9. The Labute approximate surface area is 181 Å². The first-order valence-electron chi connectivity index (χ1n) is 9.00. The van der Waals surface area contributed by atoms with E-state index in [1.54, 1.807) is 6.07 Å². The summed E-state index contributed by atoms with van der Waals surface area (Å²) in [6.45, 7) is 4.22. The number of nitrogens with one attached hydrogen (secondary N) is 1. The van der Waals surface area contributed by atoms with E-state index in [1.165, 1.54) is 12.1 Å². The van der Waals surface area contributed by atoms with Crippen LogP contribution in [0.5, 0.6) is 5.75 Å². The fourth-order valence-electron chi connectivity index (χ4n) is 2.68. The van der Waals surface area contributed by atoms with Crippen LogP contribution in [0, 0.1) is 0 Å². The molecule has 0 fully saturated rings. The molecule has 9 heteroatoms. The topological polar surface area (TPSA) is 75.7 Å². The van der Waals surface area contributed by atoms with Gasteiger partial charge in [0.25, 0.3) is 0 Å². The lowest BCUT2D eigenvalue weighted by atomic mass is 10.0. The number of ether oxygens (including phenoxy) is 1. The first-order valence-corrected chi connectivity index (χ1v) is 11.6. The molecule has 0 aromatic heterocycles. The third-order valence-electron chi connectivity index (χ3n) is 4.09. The second kappa shape index (κ2) is 10.2. The van der Waals surface area contributed by atoms with Crippen LogP contribution in [0.25, 0.3) is 0 Å². The lowest BCUT2D eigenvalue weighted by Gasteiger charge is -2.23. The van der Waals surface area contributed by atoms with Crippen LogP contribution in [0.4, 0.5) is 5.69 Å². The van der Waals surface area contributed by atoms with Crippen LogP contribution >= 0.6 is 23.2 Å². The summed E-state index contributed by atoms with van der Waals surface area (Å²) >= 11 is 12.0. The number of hydrogen-bond donors (Lipinski definition) is 1. The molecular weight excluding hydrogens is 435 g/mol. The lowest BCUT2D eigenvalue weighted by molar-refractivity contribution is -0.119. The van der Waals surface area contributed by atoms with E-state index >= 15 is 0 Å². The predicted octanol–water partition coefficient (Wildman–Crippen LogP) is 4.08. The molecule has 0 spiro atoms. The number of nitrogens with zero attached hydrogens (tertiary/aromatic N) is 1. The van der Waals surface area contributed by atoms with E-state index < -0.39 is 22.5 Å². The predicted molar refractivity (Wildman–Crippen MR) is 118 cm³/mol. The number of anilines is 1. The summed E-state index contributed by atoms with van der Waals surface area (Å²) in [5, 5.41) is 3.16. The van der Waals surface area contributed by atoms with Gasteiger partial charge in [0.05, 0.1) is 23.5 Å². The number of carbonyl (C=O) groups is 1.